The first-order valence-electron chi connectivity index (χ1n) is 13.1. The monoisotopic (exact) mass is 457 g/mol. The van der Waals surface area contributed by atoms with E-state index in [9.17, 15) is 9.59 Å². The quantitative estimate of drug-likeness (QED) is 0.507. The number of carbonyl (C=O) groups is 2. The van der Waals surface area contributed by atoms with Gasteiger partial charge in [0.1, 0.15) is 6.61 Å². The molecule has 33 heavy (non-hydrogen) atoms. The van der Waals surface area contributed by atoms with E-state index in [2.05, 4.69) is 23.6 Å². The summed E-state index contributed by atoms with van der Waals surface area (Å²) < 4.78 is 5.49. The van der Waals surface area contributed by atoms with Crippen LogP contribution in [0.5, 0.6) is 0 Å². The number of piperidine rings is 1. The summed E-state index contributed by atoms with van der Waals surface area (Å²) in [6.45, 7) is 10.5. The van der Waals surface area contributed by atoms with E-state index in [-0.39, 0.29) is 12.0 Å². The Bertz CT molecular complexity index is 709. The van der Waals surface area contributed by atoms with Crippen molar-refractivity contribution >= 4 is 12.0 Å². The second-order valence-corrected chi connectivity index (χ2v) is 9.62. The minimum absolute atomic E-state index is 0.0171. The van der Waals surface area contributed by atoms with Crippen LogP contribution in [0, 0.1) is 11.8 Å². The van der Waals surface area contributed by atoms with Gasteiger partial charge in [-0.3, -0.25) is 4.79 Å². The van der Waals surface area contributed by atoms with Crippen LogP contribution in [-0.4, -0.2) is 72.5 Å². The van der Waals surface area contributed by atoms with Crippen molar-refractivity contribution in [2.75, 3.05) is 45.8 Å². The number of benzene rings is 1. The van der Waals surface area contributed by atoms with E-state index in [1.807, 2.05) is 30.3 Å². The molecule has 2 amide bonds. The van der Waals surface area contributed by atoms with E-state index in [0.717, 1.165) is 51.1 Å². The van der Waals surface area contributed by atoms with Gasteiger partial charge in [0.15, 0.2) is 0 Å². The van der Waals surface area contributed by atoms with Gasteiger partial charge in [0, 0.05) is 38.6 Å². The third-order valence-electron chi connectivity index (χ3n) is 7.40. The standard InChI is InChI=1S/C27H43N3O3/c1-3-28(4-2)19-20-30(21-23-11-7-5-8-12-23)26(31)25-15-17-29(18-16-25)27(32)33-22-24-13-9-6-10-14-24/h6,9-10,13-14,23,25H,3-5,7-8,11-12,15-22H2,1-2H3. The van der Waals surface area contributed by atoms with Gasteiger partial charge in [-0.1, -0.05) is 63.4 Å². The lowest BCUT2D eigenvalue weighted by molar-refractivity contribution is -0.138. The maximum Gasteiger partial charge on any atom is 0.410 e. The van der Waals surface area contributed by atoms with Crippen molar-refractivity contribution in [1.29, 1.82) is 0 Å². The summed E-state index contributed by atoms with van der Waals surface area (Å²) in [7, 11) is 0. The minimum atomic E-state index is -0.273. The van der Waals surface area contributed by atoms with E-state index in [4.69, 9.17) is 4.74 Å². The molecule has 2 aliphatic rings. The normalized spacial score (nSPS) is 17.8. The molecule has 0 atom stereocenters. The highest BCUT2D eigenvalue weighted by atomic mass is 16.6. The van der Waals surface area contributed by atoms with Crippen molar-refractivity contribution in [1.82, 2.24) is 14.7 Å². The SMILES string of the molecule is CCN(CC)CCN(CC1CCCCC1)C(=O)C1CCN(C(=O)OCc2ccccc2)CC1. The van der Waals surface area contributed by atoms with E-state index in [1.54, 1.807) is 4.90 Å². The molecule has 1 aromatic carbocycles. The zero-order valence-electron chi connectivity index (χ0n) is 20.7. The first kappa shape index (κ1) is 25.5. The topological polar surface area (TPSA) is 53.1 Å². The van der Waals surface area contributed by atoms with Gasteiger partial charge in [0.05, 0.1) is 0 Å². The molecule has 1 saturated carbocycles. The van der Waals surface area contributed by atoms with Crippen molar-refractivity contribution < 1.29 is 14.3 Å². The summed E-state index contributed by atoms with van der Waals surface area (Å²) in [4.78, 5) is 32.3. The first-order valence-corrected chi connectivity index (χ1v) is 13.1. The third-order valence-corrected chi connectivity index (χ3v) is 7.40. The molecule has 1 saturated heterocycles. The predicted molar refractivity (Wildman–Crippen MR) is 132 cm³/mol. The van der Waals surface area contributed by atoms with Gasteiger partial charge in [-0.05, 0) is 50.3 Å². The molecule has 0 radical (unpaired) electrons. The number of amides is 2. The third kappa shape index (κ3) is 8.02. The lowest BCUT2D eigenvalue weighted by Gasteiger charge is -2.36. The molecule has 0 bridgehead atoms. The second kappa shape index (κ2) is 13.6. The van der Waals surface area contributed by atoms with Crippen LogP contribution in [0.25, 0.3) is 0 Å². The van der Waals surface area contributed by atoms with Crippen LogP contribution < -0.4 is 0 Å². The number of likely N-dealkylation sites (tertiary alicyclic amines) is 1. The number of nitrogens with zero attached hydrogens (tertiary/aromatic N) is 3. The van der Waals surface area contributed by atoms with Crippen LogP contribution in [0.1, 0.15) is 64.4 Å². The summed E-state index contributed by atoms with van der Waals surface area (Å²) in [5.41, 5.74) is 0.988. The summed E-state index contributed by atoms with van der Waals surface area (Å²) in [5.74, 6) is 0.959. The summed E-state index contributed by atoms with van der Waals surface area (Å²) >= 11 is 0. The van der Waals surface area contributed by atoms with Crippen LogP contribution in [0.3, 0.4) is 0 Å². The summed E-state index contributed by atoms with van der Waals surface area (Å²) in [6, 6.07) is 9.75. The van der Waals surface area contributed by atoms with E-state index < -0.39 is 0 Å². The molecule has 6 heteroatoms. The lowest BCUT2D eigenvalue weighted by atomic mass is 9.88. The van der Waals surface area contributed by atoms with Crippen molar-refractivity contribution in [2.45, 2.75) is 65.4 Å². The fraction of sp³-hybridized carbons (Fsp3) is 0.704. The maximum absolute atomic E-state index is 13.5. The van der Waals surface area contributed by atoms with Crippen molar-refractivity contribution in [2.24, 2.45) is 11.8 Å². The van der Waals surface area contributed by atoms with Gasteiger partial charge in [-0.25, -0.2) is 4.79 Å². The number of hydrogen-bond donors (Lipinski definition) is 0. The lowest BCUT2D eigenvalue weighted by Crippen LogP contribution is -2.47. The number of hydrogen-bond acceptors (Lipinski definition) is 4. The van der Waals surface area contributed by atoms with Crippen molar-refractivity contribution in [3.63, 3.8) is 0 Å². The average molecular weight is 458 g/mol. The molecule has 0 N–H and O–H groups in total. The molecule has 1 heterocycles. The Labute approximate surface area is 200 Å². The van der Waals surface area contributed by atoms with Crippen LogP contribution in [-0.2, 0) is 16.1 Å². The molecule has 3 rings (SSSR count). The predicted octanol–water partition coefficient (Wildman–Crippen LogP) is 4.79. The van der Waals surface area contributed by atoms with Crippen LogP contribution in [0.15, 0.2) is 30.3 Å². The Hall–Kier alpha value is -2.08. The largest absolute Gasteiger partial charge is 0.445 e. The van der Waals surface area contributed by atoms with Gasteiger partial charge in [0.25, 0.3) is 0 Å². The molecule has 1 aromatic rings. The fourth-order valence-electron chi connectivity index (χ4n) is 5.15. The molecule has 0 aromatic heterocycles. The summed E-state index contributed by atoms with van der Waals surface area (Å²) in [5, 5.41) is 0. The van der Waals surface area contributed by atoms with E-state index >= 15 is 0 Å². The number of ether oxygens (including phenoxy) is 1. The number of carbonyl (C=O) groups excluding carboxylic acids is 2. The van der Waals surface area contributed by atoms with Gasteiger partial charge in [-0.15, -0.1) is 0 Å². The first-order chi connectivity index (χ1) is 16.1. The highest BCUT2D eigenvalue weighted by molar-refractivity contribution is 5.79. The molecule has 6 nitrogen and oxygen atoms in total. The Balaban J connectivity index is 1.50. The smallest absolute Gasteiger partial charge is 0.410 e. The van der Waals surface area contributed by atoms with Crippen molar-refractivity contribution in [3.05, 3.63) is 35.9 Å². The second-order valence-electron chi connectivity index (χ2n) is 9.62. The Kier molecular flexibility index (Phi) is 10.5. The molecular formula is C27H43N3O3. The zero-order valence-corrected chi connectivity index (χ0v) is 20.7. The van der Waals surface area contributed by atoms with Gasteiger partial charge in [0.2, 0.25) is 5.91 Å². The Morgan fingerprint density at radius 3 is 2.24 bits per heavy atom. The van der Waals surface area contributed by atoms with Gasteiger partial charge in [-0.2, -0.15) is 0 Å². The Morgan fingerprint density at radius 1 is 0.939 bits per heavy atom. The van der Waals surface area contributed by atoms with Crippen LogP contribution in [0.2, 0.25) is 0 Å². The Morgan fingerprint density at radius 2 is 1.61 bits per heavy atom. The summed E-state index contributed by atoms with van der Waals surface area (Å²) in [6.07, 6.45) is 7.62. The molecular weight excluding hydrogens is 414 g/mol. The molecule has 1 aliphatic heterocycles. The molecule has 184 valence electrons. The van der Waals surface area contributed by atoms with Gasteiger partial charge < -0.3 is 19.4 Å². The molecule has 0 spiro atoms. The van der Waals surface area contributed by atoms with Gasteiger partial charge >= 0.3 is 6.09 Å². The molecule has 2 fully saturated rings. The molecule has 1 aliphatic carbocycles. The van der Waals surface area contributed by atoms with E-state index in [1.165, 1.54) is 32.1 Å². The molecule has 0 unspecified atom stereocenters. The highest BCUT2D eigenvalue weighted by Crippen LogP contribution is 2.26. The zero-order chi connectivity index (χ0) is 23.5. The van der Waals surface area contributed by atoms with E-state index in [0.29, 0.717) is 31.5 Å². The maximum atomic E-state index is 13.5. The van der Waals surface area contributed by atoms with Crippen molar-refractivity contribution in [3.8, 4) is 0 Å². The van der Waals surface area contributed by atoms with Crippen LogP contribution in [0.4, 0.5) is 4.79 Å². The average Bonchev–Trinajstić information content (AvgIpc) is 2.88. The highest BCUT2D eigenvalue weighted by Gasteiger charge is 2.32. The van der Waals surface area contributed by atoms with Crippen LogP contribution >= 0.6 is 0 Å². The fourth-order valence-corrected chi connectivity index (χ4v) is 5.15. The minimum Gasteiger partial charge on any atom is -0.445 e. The number of likely N-dealkylation sites (N-methyl/N-ethyl adjacent to an activating group) is 1. The number of rotatable bonds is 10.